The Morgan fingerprint density at radius 1 is 0.939 bits per heavy atom. The predicted octanol–water partition coefficient (Wildman–Crippen LogP) is 5.23. The fraction of sp³-hybridized carbons (Fsp3) is 0.553. The summed E-state index contributed by atoms with van der Waals surface area (Å²) in [6.07, 6.45) is 6.96. The molecule has 11 heteroatoms. The van der Waals surface area contributed by atoms with Crippen LogP contribution in [0.5, 0.6) is 0 Å². The number of carbonyl (C=O) groups excluding carboxylic acids is 3. The van der Waals surface area contributed by atoms with Crippen LogP contribution in [-0.2, 0) is 25.7 Å². The van der Waals surface area contributed by atoms with E-state index in [9.17, 15) is 14.4 Å². The molecule has 1 aliphatic carbocycles. The first kappa shape index (κ1) is 34.5. The van der Waals surface area contributed by atoms with Gasteiger partial charge < -0.3 is 25.2 Å². The minimum absolute atomic E-state index is 0.0325. The highest BCUT2D eigenvalue weighted by Crippen LogP contribution is 2.55. The highest BCUT2D eigenvalue weighted by Gasteiger charge is 2.72. The Hall–Kier alpha value is -2.95. The molecule has 1 spiro atoms. The smallest absolute Gasteiger partial charge is 0.246 e. The van der Waals surface area contributed by atoms with Crippen LogP contribution < -0.4 is 10.6 Å². The number of halogens is 2. The average Bonchev–Trinajstić information content (AvgIpc) is 3.71. The number of benzene rings is 2. The number of likely N-dealkylation sites (tertiary alicyclic amines) is 1. The van der Waals surface area contributed by atoms with Crippen LogP contribution in [0.2, 0.25) is 10.0 Å². The summed E-state index contributed by atoms with van der Waals surface area (Å²) in [5.74, 6) is -1.50. The fourth-order valence-electron chi connectivity index (χ4n) is 8.88. The Kier molecular flexibility index (Phi) is 10.1. The maximum absolute atomic E-state index is 14.5. The van der Waals surface area contributed by atoms with Crippen molar-refractivity contribution in [2.75, 3.05) is 44.6 Å². The Morgan fingerprint density at radius 2 is 1.65 bits per heavy atom. The molecule has 49 heavy (non-hydrogen) atoms. The lowest BCUT2D eigenvalue weighted by Gasteiger charge is -2.38. The highest BCUT2D eigenvalue weighted by molar-refractivity contribution is 6.35. The van der Waals surface area contributed by atoms with Crippen molar-refractivity contribution in [3.63, 3.8) is 0 Å². The summed E-state index contributed by atoms with van der Waals surface area (Å²) in [5.41, 5.74) is 0.569. The molecule has 9 nitrogen and oxygen atoms in total. The first-order chi connectivity index (χ1) is 23.6. The number of amides is 3. The van der Waals surface area contributed by atoms with Gasteiger partial charge in [0, 0.05) is 61.0 Å². The van der Waals surface area contributed by atoms with E-state index in [2.05, 4.69) is 58.5 Å². The van der Waals surface area contributed by atoms with Gasteiger partial charge in [0.25, 0.3) is 0 Å². The molecule has 2 bridgehead atoms. The lowest BCUT2D eigenvalue weighted by molar-refractivity contribution is -0.141. The van der Waals surface area contributed by atoms with Crippen molar-refractivity contribution in [2.24, 2.45) is 23.7 Å². The van der Waals surface area contributed by atoms with Gasteiger partial charge in [0.05, 0.1) is 17.9 Å². The van der Waals surface area contributed by atoms with Crippen molar-refractivity contribution in [3.05, 3.63) is 76.3 Å². The van der Waals surface area contributed by atoms with Crippen LogP contribution in [-0.4, -0.2) is 95.5 Å². The molecule has 3 saturated heterocycles. The van der Waals surface area contributed by atoms with E-state index < -0.39 is 29.6 Å². The van der Waals surface area contributed by atoms with Gasteiger partial charge in [-0.2, -0.15) is 0 Å². The zero-order chi connectivity index (χ0) is 34.3. The molecule has 0 radical (unpaired) electrons. The molecular formula is C38H47Cl2N5O4. The van der Waals surface area contributed by atoms with Crippen LogP contribution in [0.3, 0.4) is 0 Å². The monoisotopic (exact) mass is 707 g/mol. The van der Waals surface area contributed by atoms with E-state index in [0.29, 0.717) is 34.1 Å². The Bertz CT molecular complexity index is 1560. The molecule has 4 heterocycles. The largest absolute Gasteiger partial charge is 0.359 e. The second kappa shape index (κ2) is 14.3. The number of fused-ring (bicyclic) bond motifs is 1. The molecule has 2 aromatic rings. The molecule has 3 amide bonds. The van der Waals surface area contributed by atoms with Crippen molar-refractivity contribution in [1.29, 1.82) is 0 Å². The third-order valence-electron chi connectivity index (χ3n) is 11.7. The number of anilines is 1. The predicted molar refractivity (Wildman–Crippen MR) is 191 cm³/mol. The summed E-state index contributed by atoms with van der Waals surface area (Å²) in [5, 5.41) is 7.06. The van der Waals surface area contributed by atoms with Crippen molar-refractivity contribution < 1.29 is 19.1 Å². The lowest BCUT2D eigenvalue weighted by Crippen LogP contribution is -2.58. The second-order valence-electron chi connectivity index (χ2n) is 14.7. The van der Waals surface area contributed by atoms with Crippen molar-refractivity contribution in [1.82, 2.24) is 20.0 Å². The van der Waals surface area contributed by atoms with Crippen LogP contribution in [0.1, 0.15) is 45.1 Å². The minimum Gasteiger partial charge on any atom is -0.359 e. The zero-order valence-electron chi connectivity index (χ0n) is 28.3. The topological polar surface area (TPSA) is 94.2 Å². The van der Waals surface area contributed by atoms with Gasteiger partial charge in [0.15, 0.2) is 0 Å². The fourth-order valence-corrected chi connectivity index (χ4v) is 9.41. The number of nitrogens with zero attached hydrogens (tertiary/aromatic N) is 3. The lowest BCUT2D eigenvalue weighted by atomic mass is 9.73. The van der Waals surface area contributed by atoms with Crippen molar-refractivity contribution in [2.45, 2.75) is 69.9 Å². The Morgan fingerprint density at radius 3 is 2.39 bits per heavy atom. The number of ether oxygens (including phenoxy) is 1. The van der Waals surface area contributed by atoms with Gasteiger partial charge in [-0.25, -0.2) is 0 Å². The van der Waals surface area contributed by atoms with Crippen LogP contribution in [0, 0.1) is 23.7 Å². The third-order valence-corrected chi connectivity index (χ3v) is 12.1. The quantitative estimate of drug-likeness (QED) is 0.329. The molecule has 2 aromatic carbocycles. The number of rotatable bonds is 10. The van der Waals surface area contributed by atoms with E-state index in [1.54, 1.807) is 23.1 Å². The van der Waals surface area contributed by atoms with E-state index in [-0.39, 0.29) is 23.8 Å². The van der Waals surface area contributed by atoms with Crippen molar-refractivity contribution in [3.8, 4) is 0 Å². The summed E-state index contributed by atoms with van der Waals surface area (Å²) >= 11 is 12.4. The van der Waals surface area contributed by atoms with Crippen LogP contribution in [0.4, 0.5) is 5.69 Å². The average molecular weight is 709 g/mol. The molecule has 8 atom stereocenters. The molecule has 4 fully saturated rings. The van der Waals surface area contributed by atoms with Crippen molar-refractivity contribution >= 4 is 46.6 Å². The molecule has 2 N–H and O–H groups in total. The van der Waals surface area contributed by atoms with E-state index in [4.69, 9.17) is 27.9 Å². The normalized spacial score (nSPS) is 32.8. The van der Waals surface area contributed by atoms with Gasteiger partial charge in [0.1, 0.15) is 11.6 Å². The first-order valence-corrected chi connectivity index (χ1v) is 18.6. The Labute approximate surface area is 299 Å². The molecule has 1 saturated carbocycles. The second-order valence-corrected chi connectivity index (χ2v) is 15.6. The van der Waals surface area contributed by atoms with Crippen LogP contribution >= 0.6 is 23.2 Å². The molecule has 6 unspecified atom stereocenters. The van der Waals surface area contributed by atoms with Gasteiger partial charge in [-0.1, -0.05) is 92.4 Å². The van der Waals surface area contributed by atoms with Gasteiger partial charge in [-0.3, -0.25) is 19.3 Å². The standard InChI is InChI=1S/C38H47Cl2N5O4/c1-24-8-6-11-30(25(24)2)42-36(47)34-38-13-12-31(49-38)32(35(46)41-29-21-27(39)20-28(40)22-29)33(38)37(48)45(34)15-7-14-43-16-18-44(19-17-43)23-26-9-4-3-5-10-26/h3-5,9-10,12-13,20-22,24-25,30-34H,6-8,11,14-19,23H2,1-2H3,(H,41,46)(H,42,47)/t24?,25?,30?,31-,32?,33-,34?,38?/m1/s1. The summed E-state index contributed by atoms with van der Waals surface area (Å²) in [6.45, 7) is 10.5. The van der Waals surface area contributed by atoms with Gasteiger partial charge >= 0.3 is 0 Å². The molecule has 5 aliphatic rings. The van der Waals surface area contributed by atoms with Crippen LogP contribution in [0.15, 0.2) is 60.7 Å². The van der Waals surface area contributed by atoms with E-state index >= 15 is 0 Å². The summed E-state index contributed by atoms with van der Waals surface area (Å²) in [4.78, 5) is 49.3. The van der Waals surface area contributed by atoms with Gasteiger partial charge in [0.2, 0.25) is 17.7 Å². The summed E-state index contributed by atoms with van der Waals surface area (Å²) in [6, 6.07) is 14.6. The molecular weight excluding hydrogens is 661 g/mol. The number of piperazine rings is 1. The zero-order valence-corrected chi connectivity index (χ0v) is 29.8. The molecule has 4 aliphatic heterocycles. The maximum Gasteiger partial charge on any atom is 0.246 e. The minimum atomic E-state index is -1.20. The summed E-state index contributed by atoms with van der Waals surface area (Å²) in [7, 11) is 0. The maximum atomic E-state index is 14.5. The Balaban J connectivity index is 1.06. The number of carbonyl (C=O) groups is 3. The van der Waals surface area contributed by atoms with E-state index in [1.807, 2.05) is 18.2 Å². The highest BCUT2D eigenvalue weighted by atomic mass is 35.5. The third kappa shape index (κ3) is 6.89. The number of hydrogen-bond acceptors (Lipinski definition) is 6. The van der Waals surface area contributed by atoms with E-state index in [1.165, 1.54) is 5.56 Å². The van der Waals surface area contributed by atoms with E-state index in [0.717, 1.165) is 65.0 Å². The molecule has 7 rings (SSSR count). The first-order valence-electron chi connectivity index (χ1n) is 17.9. The summed E-state index contributed by atoms with van der Waals surface area (Å²) < 4.78 is 6.57. The number of nitrogens with one attached hydrogen (secondary N) is 2. The van der Waals surface area contributed by atoms with Crippen LogP contribution in [0.25, 0.3) is 0 Å². The number of hydrogen-bond donors (Lipinski definition) is 2. The molecule has 0 aromatic heterocycles. The SMILES string of the molecule is CC1CCCC(NC(=O)C2N(CCCN3CCN(Cc4ccccc4)CC3)C(=O)[C@H]3C(C(=O)Nc4cc(Cl)cc(Cl)c4)[C@H]4C=CC23O4)C1C. The molecule has 262 valence electrons. The van der Waals surface area contributed by atoms with Gasteiger partial charge in [-0.15, -0.1) is 0 Å². The van der Waals surface area contributed by atoms with Gasteiger partial charge in [-0.05, 0) is 55.0 Å².